The van der Waals surface area contributed by atoms with Crippen LogP contribution in [0.15, 0.2) is 41.8 Å². The maximum atomic E-state index is 12.8. The molecule has 0 spiro atoms. The van der Waals surface area contributed by atoms with Crippen LogP contribution < -0.4 is 10.5 Å². The molecule has 2 aromatic rings. The highest BCUT2D eigenvalue weighted by Crippen LogP contribution is 2.28. The van der Waals surface area contributed by atoms with Crippen molar-refractivity contribution in [1.82, 2.24) is 9.97 Å². The molecule has 7 heteroatoms. The lowest BCUT2D eigenvalue weighted by Gasteiger charge is -2.12. The zero-order valence-corrected chi connectivity index (χ0v) is 15.0. The van der Waals surface area contributed by atoms with E-state index in [0.717, 1.165) is 47.6 Å². The summed E-state index contributed by atoms with van der Waals surface area (Å²) in [6, 6.07) is 7.87. The molecule has 0 radical (unpaired) electrons. The number of hydrogen-bond acceptors (Lipinski definition) is 6. The molecule has 1 aliphatic heterocycles. The Bertz CT molecular complexity index is 915. The van der Waals surface area contributed by atoms with E-state index < -0.39 is 5.82 Å². The van der Waals surface area contributed by atoms with Crippen LogP contribution in [-0.2, 0) is 0 Å². The number of aliphatic imine (C=N–C) groups is 1. The summed E-state index contributed by atoms with van der Waals surface area (Å²) in [5.41, 5.74) is 10.4. The fourth-order valence-corrected chi connectivity index (χ4v) is 3.10. The molecule has 27 heavy (non-hydrogen) atoms. The van der Waals surface area contributed by atoms with Gasteiger partial charge in [-0.15, -0.1) is 0 Å². The van der Waals surface area contributed by atoms with Gasteiger partial charge in [0.15, 0.2) is 5.82 Å². The Morgan fingerprint density at radius 1 is 1.41 bits per heavy atom. The molecule has 0 saturated heterocycles. The van der Waals surface area contributed by atoms with Crippen LogP contribution in [0.3, 0.4) is 0 Å². The van der Waals surface area contributed by atoms with Crippen LogP contribution in [0.25, 0.3) is 5.57 Å². The monoisotopic (exact) mass is 365 g/mol. The first-order valence-electron chi connectivity index (χ1n) is 8.67. The second-order valence-electron chi connectivity index (χ2n) is 6.40. The molecule has 138 valence electrons. The van der Waals surface area contributed by atoms with Gasteiger partial charge in [-0.05, 0) is 48.9 Å². The second-order valence-corrected chi connectivity index (χ2v) is 6.40. The molecule has 0 aliphatic carbocycles. The van der Waals surface area contributed by atoms with Gasteiger partial charge in [0, 0.05) is 24.0 Å². The van der Waals surface area contributed by atoms with E-state index >= 15 is 0 Å². The Labute approximate surface area is 157 Å². The average Bonchev–Trinajstić information content (AvgIpc) is 3.13. The number of allylic oxidation sites excluding steroid dienone is 1. The highest BCUT2D eigenvalue weighted by atomic mass is 19.1. The van der Waals surface area contributed by atoms with E-state index in [2.05, 4.69) is 21.0 Å². The third kappa shape index (κ3) is 4.47. The molecule has 0 saturated carbocycles. The normalized spacial score (nSPS) is 16.7. The third-order valence-electron chi connectivity index (χ3n) is 4.50. The third-order valence-corrected chi connectivity index (χ3v) is 4.50. The van der Waals surface area contributed by atoms with Crippen molar-refractivity contribution in [1.29, 1.82) is 5.26 Å². The standard InChI is InChI=1S/C20H20FN5O/c1-13-6-14(8-22)2-3-17(13)18(9-23)19-7-15(10-24-19)4-5-27-20-25-11-16(21)12-26-20/h2-3,6,9,11-12,15H,4-5,7,10,23H2,1H3. The maximum Gasteiger partial charge on any atom is 0.316 e. The smallest absolute Gasteiger partial charge is 0.316 e. The van der Waals surface area contributed by atoms with Gasteiger partial charge in [0.05, 0.1) is 30.6 Å². The van der Waals surface area contributed by atoms with E-state index in [4.69, 9.17) is 15.7 Å². The van der Waals surface area contributed by atoms with Crippen molar-refractivity contribution >= 4 is 11.3 Å². The summed E-state index contributed by atoms with van der Waals surface area (Å²) in [6.07, 6.45) is 5.33. The highest BCUT2D eigenvalue weighted by molar-refractivity contribution is 6.24. The van der Waals surface area contributed by atoms with Crippen LogP contribution in [0.1, 0.15) is 29.5 Å². The Morgan fingerprint density at radius 3 is 2.85 bits per heavy atom. The summed E-state index contributed by atoms with van der Waals surface area (Å²) in [5, 5.41) is 9.02. The minimum atomic E-state index is -0.490. The van der Waals surface area contributed by atoms with Crippen LogP contribution in [0, 0.1) is 30.0 Å². The zero-order chi connectivity index (χ0) is 19.2. The molecule has 2 heterocycles. The van der Waals surface area contributed by atoms with E-state index in [-0.39, 0.29) is 6.01 Å². The van der Waals surface area contributed by atoms with Gasteiger partial charge in [0.25, 0.3) is 0 Å². The van der Waals surface area contributed by atoms with Gasteiger partial charge in [-0.1, -0.05) is 6.07 Å². The molecule has 1 aromatic carbocycles. The number of nitrogens with zero attached hydrogens (tertiary/aromatic N) is 4. The van der Waals surface area contributed by atoms with Gasteiger partial charge in [-0.25, -0.2) is 14.4 Å². The number of aromatic nitrogens is 2. The quantitative estimate of drug-likeness (QED) is 0.848. The van der Waals surface area contributed by atoms with Gasteiger partial charge >= 0.3 is 6.01 Å². The minimum absolute atomic E-state index is 0.172. The van der Waals surface area contributed by atoms with Gasteiger partial charge in [0.2, 0.25) is 0 Å². The fourth-order valence-electron chi connectivity index (χ4n) is 3.10. The number of nitriles is 1. The lowest BCUT2D eigenvalue weighted by atomic mass is 9.92. The van der Waals surface area contributed by atoms with E-state index in [1.54, 1.807) is 12.3 Å². The molecule has 1 atom stereocenters. The van der Waals surface area contributed by atoms with E-state index in [1.807, 2.05) is 19.1 Å². The molecule has 6 nitrogen and oxygen atoms in total. The second kappa shape index (κ2) is 8.41. The number of nitrogens with two attached hydrogens (primary N) is 1. The summed E-state index contributed by atoms with van der Waals surface area (Å²) in [6.45, 7) is 3.11. The summed E-state index contributed by atoms with van der Waals surface area (Å²) in [4.78, 5) is 12.2. The highest BCUT2D eigenvalue weighted by Gasteiger charge is 2.23. The lowest BCUT2D eigenvalue weighted by molar-refractivity contribution is 0.263. The summed E-state index contributed by atoms with van der Waals surface area (Å²) >= 11 is 0. The number of hydrogen-bond donors (Lipinski definition) is 1. The van der Waals surface area contributed by atoms with Crippen LogP contribution in [0.2, 0.25) is 0 Å². The molecule has 3 rings (SSSR count). The minimum Gasteiger partial charge on any atom is -0.463 e. The van der Waals surface area contributed by atoms with Crippen molar-refractivity contribution in [3.05, 3.63) is 59.3 Å². The van der Waals surface area contributed by atoms with Crippen LogP contribution in [0.4, 0.5) is 4.39 Å². The van der Waals surface area contributed by atoms with E-state index in [0.29, 0.717) is 24.6 Å². The van der Waals surface area contributed by atoms with Crippen molar-refractivity contribution in [3.63, 3.8) is 0 Å². The number of rotatable bonds is 6. The Morgan fingerprint density at radius 2 is 2.19 bits per heavy atom. The molecular formula is C20H20FN5O. The van der Waals surface area contributed by atoms with Crippen LogP contribution in [0.5, 0.6) is 6.01 Å². The largest absolute Gasteiger partial charge is 0.463 e. The first-order chi connectivity index (χ1) is 13.1. The number of halogens is 1. The maximum absolute atomic E-state index is 12.8. The van der Waals surface area contributed by atoms with E-state index in [9.17, 15) is 4.39 Å². The topological polar surface area (TPSA) is 97.2 Å². The predicted octanol–water partition coefficient (Wildman–Crippen LogP) is 3.03. The van der Waals surface area contributed by atoms with Crippen molar-refractivity contribution in [2.24, 2.45) is 16.6 Å². The van der Waals surface area contributed by atoms with Crippen LogP contribution in [-0.4, -0.2) is 28.8 Å². The molecule has 0 fully saturated rings. The number of ether oxygens (including phenoxy) is 1. The molecule has 2 N–H and O–H groups in total. The first kappa shape index (κ1) is 18.5. The Kier molecular flexibility index (Phi) is 5.77. The van der Waals surface area contributed by atoms with Gasteiger partial charge in [0.1, 0.15) is 0 Å². The lowest BCUT2D eigenvalue weighted by Crippen LogP contribution is -2.11. The van der Waals surface area contributed by atoms with Gasteiger partial charge in [-0.3, -0.25) is 4.99 Å². The predicted molar refractivity (Wildman–Crippen MR) is 101 cm³/mol. The van der Waals surface area contributed by atoms with Crippen LogP contribution >= 0.6 is 0 Å². The molecule has 1 aliphatic rings. The molecular weight excluding hydrogens is 345 g/mol. The molecule has 1 unspecified atom stereocenters. The van der Waals surface area contributed by atoms with Crippen molar-refractivity contribution < 1.29 is 9.13 Å². The number of benzene rings is 1. The van der Waals surface area contributed by atoms with Crippen molar-refractivity contribution in [2.75, 3.05) is 13.2 Å². The van der Waals surface area contributed by atoms with E-state index in [1.165, 1.54) is 0 Å². The van der Waals surface area contributed by atoms with Crippen molar-refractivity contribution in [2.45, 2.75) is 19.8 Å². The SMILES string of the molecule is Cc1cc(C#N)ccc1C(=CN)C1=NCC(CCOc2ncc(F)cn2)C1. The number of aryl methyl sites for hydroxylation is 1. The summed E-state index contributed by atoms with van der Waals surface area (Å²) in [5.74, 6) is -0.149. The van der Waals surface area contributed by atoms with Gasteiger partial charge < -0.3 is 10.5 Å². The molecule has 0 amide bonds. The first-order valence-corrected chi connectivity index (χ1v) is 8.67. The summed E-state index contributed by atoms with van der Waals surface area (Å²) in [7, 11) is 0. The average molecular weight is 365 g/mol. The summed E-state index contributed by atoms with van der Waals surface area (Å²) < 4.78 is 18.3. The zero-order valence-electron chi connectivity index (χ0n) is 15.0. The Balaban J connectivity index is 1.57. The fraction of sp³-hybridized carbons (Fsp3) is 0.300. The molecule has 1 aromatic heterocycles. The van der Waals surface area contributed by atoms with Gasteiger partial charge in [-0.2, -0.15) is 5.26 Å². The molecule has 0 bridgehead atoms. The Hall–Kier alpha value is -3.27. The van der Waals surface area contributed by atoms with Crippen molar-refractivity contribution in [3.8, 4) is 12.1 Å².